The molecule has 33 heavy (non-hydrogen) atoms. The Morgan fingerprint density at radius 3 is 2.09 bits per heavy atom. The van der Waals surface area contributed by atoms with Crippen LogP contribution in [0, 0.1) is 11.3 Å². The lowest BCUT2D eigenvalue weighted by Crippen LogP contribution is -2.23. The van der Waals surface area contributed by atoms with Crippen LogP contribution >= 0.6 is 0 Å². The van der Waals surface area contributed by atoms with Crippen molar-refractivity contribution in [3.63, 3.8) is 0 Å². The van der Waals surface area contributed by atoms with Crippen molar-refractivity contribution in [3.8, 4) is 6.07 Å². The fourth-order valence-corrected chi connectivity index (χ4v) is 2.43. The summed E-state index contributed by atoms with van der Waals surface area (Å²) in [6, 6.07) is 15.4. The Kier molecular flexibility index (Phi) is 9.03. The third-order valence-electron chi connectivity index (χ3n) is 4.16. The van der Waals surface area contributed by atoms with Gasteiger partial charge in [-0.3, -0.25) is 0 Å². The second-order valence-electron chi connectivity index (χ2n) is 6.54. The van der Waals surface area contributed by atoms with Gasteiger partial charge in [0, 0.05) is 24.9 Å². The third kappa shape index (κ3) is 8.47. The number of hydrogen-bond donors (Lipinski definition) is 2. The molecule has 2 aromatic carbocycles. The van der Waals surface area contributed by atoms with Gasteiger partial charge in [-0.15, -0.1) is 0 Å². The Bertz CT molecular complexity index is 1130. The molecule has 0 amide bonds. The van der Waals surface area contributed by atoms with E-state index in [0.29, 0.717) is 29.6 Å². The minimum absolute atomic E-state index is 0.0915. The van der Waals surface area contributed by atoms with Crippen LogP contribution in [-0.4, -0.2) is 48.3 Å². The molecule has 168 valence electrons. The average molecular weight is 448 g/mol. The van der Waals surface area contributed by atoms with E-state index in [4.69, 9.17) is 20.2 Å². The third-order valence-corrected chi connectivity index (χ3v) is 4.16. The quantitative estimate of drug-likeness (QED) is 0.241. The molecule has 0 heterocycles. The van der Waals surface area contributed by atoms with E-state index < -0.39 is 17.9 Å². The molecule has 0 spiro atoms. The van der Waals surface area contributed by atoms with E-state index in [1.165, 1.54) is 6.08 Å². The van der Waals surface area contributed by atoms with Crippen molar-refractivity contribution in [2.75, 3.05) is 25.1 Å². The second-order valence-corrected chi connectivity index (χ2v) is 6.54. The maximum atomic E-state index is 11.4. The molecule has 0 bridgehead atoms. The molecule has 0 unspecified atom stereocenters. The van der Waals surface area contributed by atoms with Crippen molar-refractivity contribution >= 4 is 41.0 Å². The van der Waals surface area contributed by atoms with E-state index in [0.717, 1.165) is 11.8 Å². The van der Waals surface area contributed by atoms with Crippen LogP contribution in [0.4, 0.5) is 17.1 Å². The molecular weight excluding hydrogens is 428 g/mol. The lowest BCUT2D eigenvalue weighted by atomic mass is 10.1. The van der Waals surface area contributed by atoms with Crippen molar-refractivity contribution in [1.29, 1.82) is 5.26 Å². The van der Waals surface area contributed by atoms with E-state index in [-0.39, 0.29) is 12.2 Å². The summed E-state index contributed by atoms with van der Waals surface area (Å²) < 4.78 is 4.93. The van der Waals surface area contributed by atoms with Crippen molar-refractivity contribution < 1.29 is 29.3 Å². The molecule has 0 radical (unpaired) electrons. The zero-order valence-electron chi connectivity index (χ0n) is 17.6. The number of likely N-dealkylation sites (N-methyl/N-ethyl adjacent to an activating group) is 1. The highest BCUT2D eigenvalue weighted by Crippen LogP contribution is 2.22. The van der Waals surface area contributed by atoms with Gasteiger partial charge in [0.25, 0.3) is 0 Å². The number of benzene rings is 2. The zero-order chi connectivity index (χ0) is 24.2. The summed E-state index contributed by atoms with van der Waals surface area (Å²) in [7, 11) is 1.82. The smallest absolute Gasteiger partial charge is 0.346 e. The Labute approximate surface area is 189 Å². The van der Waals surface area contributed by atoms with Gasteiger partial charge < -0.3 is 19.8 Å². The molecule has 0 aliphatic carbocycles. The van der Waals surface area contributed by atoms with Gasteiger partial charge in [0.1, 0.15) is 18.2 Å². The molecule has 0 saturated heterocycles. The molecule has 0 fully saturated rings. The van der Waals surface area contributed by atoms with Crippen LogP contribution in [0.2, 0.25) is 0 Å². The van der Waals surface area contributed by atoms with Gasteiger partial charge in [-0.25, -0.2) is 14.4 Å². The first kappa shape index (κ1) is 24.5. The Morgan fingerprint density at radius 2 is 1.58 bits per heavy atom. The van der Waals surface area contributed by atoms with Gasteiger partial charge in [0.2, 0.25) is 0 Å². The molecular formula is C23H20N4O6. The minimum Gasteiger partial charge on any atom is -0.478 e. The maximum absolute atomic E-state index is 11.4. The number of aliphatic carboxylic acids is 2. The first-order valence-electron chi connectivity index (χ1n) is 9.54. The summed E-state index contributed by atoms with van der Waals surface area (Å²) in [5.74, 6) is -3.23. The predicted octanol–water partition coefficient (Wildman–Crippen LogP) is 3.71. The highest BCUT2D eigenvalue weighted by Gasteiger charge is 2.06. The summed E-state index contributed by atoms with van der Waals surface area (Å²) in [6.07, 6.45) is 2.84. The van der Waals surface area contributed by atoms with Gasteiger partial charge in [-0.1, -0.05) is 12.1 Å². The largest absolute Gasteiger partial charge is 0.478 e. The lowest BCUT2D eigenvalue weighted by molar-refractivity contribution is -0.138. The summed E-state index contributed by atoms with van der Waals surface area (Å²) in [4.78, 5) is 34.4. The fraction of sp³-hybridized carbons (Fsp3) is 0.130. The van der Waals surface area contributed by atoms with E-state index in [1.807, 2.05) is 24.1 Å². The normalized spacial score (nSPS) is 11.3. The van der Waals surface area contributed by atoms with Gasteiger partial charge >= 0.3 is 17.9 Å². The molecule has 0 aromatic heterocycles. The van der Waals surface area contributed by atoms with Crippen molar-refractivity contribution in [3.05, 3.63) is 71.8 Å². The van der Waals surface area contributed by atoms with Crippen molar-refractivity contribution in [2.24, 2.45) is 10.2 Å². The van der Waals surface area contributed by atoms with E-state index in [9.17, 15) is 14.4 Å². The number of nitriles is 1. The number of carbonyl (C=O) groups excluding carboxylic acids is 1. The van der Waals surface area contributed by atoms with Crippen LogP contribution < -0.4 is 4.90 Å². The van der Waals surface area contributed by atoms with Gasteiger partial charge in [-0.2, -0.15) is 15.5 Å². The number of azo groups is 1. The van der Waals surface area contributed by atoms with Crippen LogP contribution in [-0.2, 0) is 19.1 Å². The Morgan fingerprint density at radius 1 is 1.00 bits per heavy atom. The SMILES string of the molecule is CN(CCOC(=O)/C=C/C(=O)O)c1ccc(N=Nc2ccc(/C=C(/C#N)C(=O)O)cc2)cc1. The Hall–Kier alpha value is -4.78. The Balaban J connectivity index is 1.91. The van der Waals surface area contributed by atoms with Gasteiger partial charge in [0.15, 0.2) is 0 Å². The number of nitrogens with zero attached hydrogens (tertiary/aromatic N) is 4. The van der Waals surface area contributed by atoms with Gasteiger partial charge in [-0.05, 0) is 48.0 Å². The molecule has 2 rings (SSSR count). The van der Waals surface area contributed by atoms with Crippen LogP contribution in [0.3, 0.4) is 0 Å². The molecule has 2 N–H and O–H groups in total. The van der Waals surface area contributed by atoms with Crippen LogP contribution in [0.25, 0.3) is 6.08 Å². The first-order chi connectivity index (χ1) is 15.8. The number of carboxylic acids is 2. The molecule has 0 saturated carbocycles. The molecule has 0 aliphatic heterocycles. The average Bonchev–Trinajstić information content (AvgIpc) is 2.80. The fourth-order valence-electron chi connectivity index (χ4n) is 2.43. The number of rotatable bonds is 10. The summed E-state index contributed by atoms with van der Waals surface area (Å²) >= 11 is 0. The predicted molar refractivity (Wildman–Crippen MR) is 119 cm³/mol. The standard InChI is InChI=1S/C23H20N4O6/c1-27(12-13-33-22(30)11-10-21(28)29)20-8-6-19(7-9-20)26-25-18-4-2-16(3-5-18)14-17(15-24)23(31)32/h2-11,14H,12-13H2,1H3,(H,28,29)(H,31,32)/b11-10+,17-14-,26-25?. The van der Waals surface area contributed by atoms with Gasteiger partial charge in [0.05, 0.1) is 17.9 Å². The highest BCUT2D eigenvalue weighted by atomic mass is 16.5. The highest BCUT2D eigenvalue weighted by molar-refractivity contribution is 5.96. The molecule has 10 heteroatoms. The van der Waals surface area contributed by atoms with Crippen molar-refractivity contribution in [2.45, 2.75) is 0 Å². The minimum atomic E-state index is -1.29. The monoisotopic (exact) mass is 448 g/mol. The van der Waals surface area contributed by atoms with Crippen molar-refractivity contribution in [1.82, 2.24) is 0 Å². The molecule has 0 aliphatic rings. The summed E-state index contributed by atoms with van der Waals surface area (Å²) in [6.45, 7) is 0.498. The number of esters is 1. The number of hydrogen-bond acceptors (Lipinski definition) is 8. The first-order valence-corrected chi connectivity index (χ1v) is 9.54. The molecule has 0 atom stereocenters. The zero-order valence-corrected chi connectivity index (χ0v) is 17.6. The van der Waals surface area contributed by atoms with E-state index in [2.05, 4.69) is 10.2 Å². The van der Waals surface area contributed by atoms with Crippen LogP contribution in [0.5, 0.6) is 0 Å². The molecule has 2 aromatic rings. The number of carboxylic acid groups (broad SMARTS) is 2. The number of carbonyl (C=O) groups is 3. The van der Waals surface area contributed by atoms with E-state index >= 15 is 0 Å². The topological polar surface area (TPSA) is 153 Å². The maximum Gasteiger partial charge on any atom is 0.346 e. The summed E-state index contributed by atoms with van der Waals surface area (Å²) in [5.41, 5.74) is 2.22. The second kappa shape index (κ2) is 12.2. The lowest BCUT2D eigenvalue weighted by Gasteiger charge is -2.18. The molecule has 10 nitrogen and oxygen atoms in total. The number of anilines is 1. The number of ether oxygens (including phenoxy) is 1. The van der Waals surface area contributed by atoms with E-state index in [1.54, 1.807) is 42.5 Å². The summed E-state index contributed by atoms with van der Waals surface area (Å²) in [5, 5.41) is 34.4. The van der Waals surface area contributed by atoms with Crippen LogP contribution in [0.15, 0.2) is 76.5 Å². The van der Waals surface area contributed by atoms with Crippen LogP contribution in [0.1, 0.15) is 5.56 Å².